The number of hydrogen-bond acceptors (Lipinski definition) is 3. The highest BCUT2D eigenvalue weighted by Gasteiger charge is 2.26. The van der Waals surface area contributed by atoms with E-state index in [-0.39, 0.29) is 24.4 Å². The highest BCUT2D eigenvalue weighted by molar-refractivity contribution is 5.30. The molecule has 1 aliphatic heterocycles. The highest BCUT2D eigenvalue weighted by Crippen LogP contribution is 2.20. The molecule has 1 heterocycles. The van der Waals surface area contributed by atoms with Crippen LogP contribution in [-0.4, -0.2) is 42.4 Å². The first-order chi connectivity index (χ1) is 8.69. The van der Waals surface area contributed by atoms with Gasteiger partial charge in [0.15, 0.2) is 0 Å². The predicted octanol–water partition coefficient (Wildman–Crippen LogP) is 2.45. The molecule has 1 aliphatic rings. The number of phenols is 1. The Kier molecular flexibility index (Phi) is 4.42. The molecule has 1 fully saturated rings. The third kappa shape index (κ3) is 3.35. The van der Waals surface area contributed by atoms with Crippen molar-refractivity contribution in [2.45, 2.75) is 19.4 Å². The first-order valence-corrected chi connectivity index (χ1v) is 6.41. The van der Waals surface area contributed by atoms with Crippen molar-refractivity contribution in [2.75, 3.05) is 26.4 Å². The van der Waals surface area contributed by atoms with Gasteiger partial charge in [-0.1, -0.05) is 0 Å². The van der Waals surface area contributed by atoms with E-state index >= 15 is 0 Å². The van der Waals surface area contributed by atoms with Crippen LogP contribution >= 0.6 is 0 Å². The topological polar surface area (TPSA) is 32.7 Å². The van der Waals surface area contributed by atoms with Crippen LogP contribution in [0.5, 0.6) is 11.5 Å². The van der Waals surface area contributed by atoms with Crippen molar-refractivity contribution in [3.05, 3.63) is 24.3 Å². The molecule has 0 amide bonds. The second kappa shape index (κ2) is 6.05. The van der Waals surface area contributed by atoms with Crippen LogP contribution in [0, 0.1) is 5.92 Å². The monoisotopic (exact) mass is 253 g/mol. The normalized spacial score (nSPS) is 22.0. The number of rotatable bonds is 5. The Labute approximate surface area is 107 Å². The summed E-state index contributed by atoms with van der Waals surface area (Å²) in [7, 11) is 0. The van der Waals surface area contributed by atoms with Gasteiger partial charge >= 0.3 is 0 Å². The van der Waals surface area contributed by atoms with Gasteiger partial charge in [0.1, 0.15) is 18.1 Å². The van der Waals surface area contributed by atoms with Crippen LogP contribution in [0.2, 0.25) is 0 Å². The van der Waals surface area contributed by atoms with E-state index in [0.717, 1.165) is 25.3 Å². The summed E-state index contributed by atoms with van der Waals surface area (Å²) in [6.07, 6.45) is 0.944. The number of nitrogens with zero attached hydrogens (tertiary/aromatic N) is 1. The van der Waals surface area contributed by atoms with E-state index in [9.17, 15) is 4.39 Å². The molecule has 0 bridgehead atoms. The van der Waals surface area contributed by atoms with Gasteiger partial charge in [0.05, 0.1) is 6.67 Å². The van der Waals surface area contributed by atoms with Gasteiger partial charge in [-0.05, 0) is 44.2 Å². The van der Waals surface area contributed by atoms with Crippen LogP contribution in [0.3, 0.4) is 0 Å². The van der Waals surface area contributed by atoms with Crippen molar-refractivity contribution in [2.24, 2.45) is 5.92 Å². The van der Waals surface area contributed by atoms with E-state index < -0.39 is 0 Å². The fraction of sp³-hybridized carbons (Fsp3) is 0.571. The minimum absolute atomic E-state index is 0.195. The van der Waals surface area contributed by atoms with Crippen LogP contribution < -0.4 is 4.74 Å². The van der Waals surface area contributed by atoms with Gasteiger partial charge in [-0.3, -0.25) is 9.29 Å². The molecule has 4 heteroatoms. The fourth-order valence-corrected chi connectivity index (χ4v) is 2.25. The number of likely N-dealkylation sites (tertiary alicyclic amines) is 1. The summed E-state index contributed by atoms with van der Waals surface area (Å²) >= 11 is 0. The molecule has 1 aromatic carbocycles. The zero-order chi connectivity index (χ0) is 13.0. The third-order valence-electron chi connectivity index (χ3n) is 3.49. The number of ether oxygens (including phenoxy) is 1. The summed E-state index contributed by atoms with van der Waals surface area (Å²) in [6, 6.07) is 6.99. The second-order valence-electron chi connectivity index (χ2n) is 4.96. The molecule has 1 aromatic rings. The van der Waals surface area contributed by atoms with Crippen molar-refractivity contribution < 1.29 is 14.2 Å². The molecule has 2 rings (SSSR count). The second-order valence-corrected chi connectivity index (χ2v) is 4.96. The lowest BCUT2D eigenvalue weighted by Gasteiger charge is -2.24. The Morgan fingerprint density at radius 3 is 2.78 bits per heavy atom. The first-order valence-electron chi connectivity index (χ1n) is 6.41. The molecular formula is C14H20FNO2. The maximum Gasteiger partial charge on any atom is 0.119 e. The smallest absolute Gasteiger partial charge is 0.119 e. The van der Waals surface area contributed by atoms with E-state index in [1.807, 2.05) is 0 Å². The zero-order valence-corrected chi connectivity index (χ0v) is 10.7. The Morgan fingerprint density at radius 1 is 1.44 bits per heavy atom. The van der Waals surface area contributed by atoms with Crippen LogP contribution in [0.4, 0.5) is 4.39 Å². The molecule has 0 saturated carbocycles. The van der Waals surface area contributed by atoms with Gasteiger partial charge in [0.2, 0.25) is 0 Å². The third-order valence-corrected chi connectivity index (χ3v) is 3.49. The number of aromatic hydroxyl groups is 1. The molecule has 3 nitrogen and oxygen atoms in total. The molecule has 0 radical (unpaired) electrons. The maximum absolute atomic E-state index is 12.5. The Balaban J connectivity index is 1.78. The summed E-state index contributed by atoms with van der Waals surface area (Å²) in [5, 5.41) is 9.16. The van der Waals surface area contributed by atoms with Crippen LogP contribution in [-0.2, 0) is 0 Å². The Morgan fingerprint density at radius 2 is 2.17 bits per heavy atom. The molecule has 0 aliphatic carbocycles. The maximum atomic E-state index is 12.5. The summed E-state index contributed by atoms with van der Waals surface area (Å²) < 4.78 is 18.2. The molecule has 18 heavy (non-hydrogen) atoms. The van der Waals surface area contributed by atoms with Gasteiger partial charge in [0, 0.05) is 18.5 Å². The van der Waals surface area contributed by atoms with Crippen molar-refractivity contribution in [3.63, 3.8) is 0 Å². The minimum atomic E-state index is -0.220. The quantitative estimate of drug-likeness (QED) is 0.875. The molecular weight excluding hydrogens is 233 g/mol. The van der Waals surface area contributed by atoms with Gasteiger partial charge in [-0.15, -0.1) is 0 Å². The summed E-state index contributed by atoms with van der Waals surface area (Å²) in [5.41, 5.74) is 0. The van der Waals surface area contributed by atoms with Gasteiger partial charge in [-0.25, -0.2) is 0 Å². The molecule has 1 saturated heterocycles. The van der Waals surface area contributed by atoms with E-state index in [1.54, 1.807) is 24.3 Å². The van der Waals surface area contributed by atoms with Crippen molar-refractivity contribution in [1.29, 1.82) is 0 Å². The molecule has 1 N–H and O–H groups in total. The lowest BCUT2D eigenvalue weighted by atomic mass is 10.1. The van der Waals surface area contributed by atoms with Crippen molar-refractivity contribution >= 4 is 0 Å². The molecule has 0 spiro atoms. The van der Waals surface area contributed by atoms with Crippen LogP contribution in [0.1, 0.15) is 13.3 Å². The summed E-state index contributed by atoms with van der Waals surface area (Å²) in [5.74, 6) is 1.18. The average molecular weight is 253 g/mol. The number of hydrogen-bond donors (Lipinski definition) is 1. The van der Waals surface area contributed by atoms with E-state index in [2.05, 4.69) is 11.8 Å². The lowest BCUT2D eigenvalue weighted by molar-refractivity contribution is 0.165. The fourth-order valence-electron chi connectivity index (χ4n) is 2.25. The van der Waals surface area contributed by atoms with Crippen molar-refractivity contribution in [3.8, 4) is 11.5 Å². The van der Waals surface area contributed by atoms with Gasteiger partial charge in [0.25, 0.3) is 0 Å². The predicted molar refractivity (Wildman–Crippen MR) is 68.7 cm³/mol. The standard InChI is InChI=1S/C14H20FNO2/c1-11(16-7-6-12(8-15)9-16)10-18-14-4-2-13(17)3-5-14/h2-5,11-12,17H,6-10H2,1H3/t11-,12-/m0/s1. The SMILES string of the molecule is C[C@@H](COc1ccc(O)cc1)N1CC[C@@H](CF)C1. The Hall–Kier alpha value is -1.29. The molecule has 2 atom stereocenters. The number of alkyl halides is 1. The number of halogens is 1. The van der Waals surface area contributed by atoms with Crippen molar-refractivity contribution in [1.82, 2.24) is 4.90 Å². The molecule has 0 aromatic heterocycles. The van der Waals surface area contributed by atoms with E-state index in [4.69, 9.17) is 9.84 Å². The van der Waals surface area contributed by atoms with E-state index in [0.29, 0.717) is 6.61 Å². The molecule has 0 unspecified atom stereocenters. The van der Waals surface area contributed by atoms with Crippen LogP contribution in [0.15, 0.2) is 24.3 Å². The largest absolute Gasteiger partial charge is 0.508 e. The summed E-state index contributed by atoms with van der Waals surface area (Å²) in [6.45, 7) is 4.25. The highest BCUT2D eigenvalue weighted by atomic mass is 19.1. The van der Waals surface area contributed by atoms with Gasteiger partial charge < -0.3 is 9.84 Å². The average Bonchev–Trinajstić information content (AvgIpc) is 2.86. The lowest BCUT2D eigenvalue weighted by Crippen LogP contribution is -2.35. The Bertz CT molecular complexity index is 369. The summed E-state index contributed by atoms with van der Waals surface area (Å²) in [4.78, 5) is 2.27. The first kappa shape index (κ1) is 13.1. The number of benzene rings is 1. The number of phenolic OH excluding ortho intramolecular Hbond substituents is 1. The van der Waals surface area contributed by atoms with Crippen LogP contribution in [0.25, 0.3) is 0 Å². The molecule has 100 valence electrons. The van der Waals surface area contributed by atoms with Gasteiger partial charge in [-0.2, -0.15) is 0 Å². The zero-order valence-electron chi connectivity index (χ0n) is 10.7. The minimum Gasteiger partial charge on any atom is -0.508 e. The van der Waals surface area contributed by atoms with E-state index in [1.165, 1.54) is 0 Å².